The van der Waals surface area contributed by atoms with Crippen LogP contribution in [0.5, 0.6) is 0 Å². The van der Waals surface area contributed by atoms with Gasteiger partial charge in [-0.2, -0.15) is 5.26 Å². The third-order valence-corrected chi connectivity index (χ3v) is 4.05. The van der Waals surface area contributed by atoms with Gasteiger partial charge in [0.1, 0.15) is 11.9 Å². The minimum atomic E-state index is -0.484. The summed E-state index contributed by atoms with van der Waals surface area (Å²) in [5.41, 5.74) is 2.01. The lowest BCUT2D eigenvalue weighted by Crippen LogP contribution is -1.98. The zero-order chi connectivity index (χ0) is 15.1. The Labute approximate surface area is 134 Å². The molecule has 0 aliphatic heterocycles. The van der Waals surface area contributed by atoms with Gasteiger partial charge >= 0.3 is 0 Å². The molecule has 2 aromatic carbocycles. The van der Waals surface area contributed by atoms with Crippen molar-refractivity contribution in [2.24, 2.45) is 0 Å². The van der Waals surface area contributed by atoms with Crippen molar-refractivity contribution in [3.63, 3.8) is 0 Å². The van der Waals surface area contributed by atoms with E-state index in [1.807, 2.05) is 6.07 Å². The van der Waals surface area contributed by atoms with Crippen LogP contribution < -0.4 is 0 Å². The molecule has 7 heteroatoms. The van der Waals surface area contributed by atoms with Gasteiger partial charge in [-0.15, -0.1) is 0 Å². The van der Waals surface area contributed by atoms with E-state index < -0.39 is 5.82 Å². The molecule has 3 aromatic rings. The summed E-state index contributed by atoms with van der Waals surface area (Å²) in [5, 5.41) is 9.95. The van der Waals surface area contributed by atoms with E-state index in [9.17, 15) is 9.65 Å². The standard InChI is InChI=1S/C14H6Cl2FN3S/c15-9-4-11-13(5-10(9)16)20(14(21)19-11)12-2-1-8(17)3-7(12)6-18/h1-5H,(H,19,21). The lowest BCUT2D eigenvalue weighted by atomic mass is 10.2. The second-order valence-corrected chi connectivity index (χ2v) is 5.52. The average molecular weight is 338 g/mol. The quantitative estimate of drug-likeness (QED) is 0.634. The molecule has 1 N–H and O–H groups in total. The number of hydrogen-bond donors (Lipinski definition) is 1. The first-order valence-corrected chi connectivity index (χ1v) is 6.97. The van der Waals surface area contributed by atoms with Crippen molar-refractivity contribution < 1.29 is 4.39 Å². The molecule has 0 atom stereocenters. The molecule has 0 unspecified atom stereocenters. The highest BCUT2D eigenvalue weighted by molar-refractivity contribution is 7.71. The van der Waals surface area contributed by atoms with Crippen LogP contribution in [0.15, 0.2) is 30.3 Å². The molecule has 0 amide bonds. The zero-order valence-corrected chi connectivity index (χ0v) is 12.7. The Kier molecular flexibility index (Phi) is 3.46. The Morgan fingerprint density at radius 1 is 1.19 bits per heavy atom. The first-order chi connectivity index (χ1) is 10.0. The molecule has 0 aliphatic carbocycles. The minimum absolute atomic E-state index is 0.179. The van der Waals surface area contributed by atoms with E-state index >= 15 is 0 Å². The number of hydrogen-bond acceptors (Lipinski definition) is 2. The summed E-state index contributed by atoms with van der Waals surface area (Å²) in [4.78, 5) is 2.99. The number of H-pyrrole nitrogens is 1. The number of benzene rings is 2. The molecule has 104 valence electrons. The first kappa shape index (κ1) is 14.1. The van der Waals surface area contributed by atoms with Crippen molar-refractivity contribution in [1.29, 1.82) is 5.26 Å². The largest absolute Gasteiger partial charge is 0.330 e. The zero-order valence-electron chi connectivity index (χ0n) is 10.3. The van der Waals surface area contributed by atoms with Crippen LogP contribution in [0.25, 0.3) is 16.7 Å². The molecule has 0 spiro atoms. The number of rotatable bonds is 1. The van der Waals surface area contributed by atoms with E-state index in [1.54, 1.807) is 16.7 Å². The van der Waals surface area contributed by atoms with Gasteiger partial charge in [-0.3, -0.25) is 4.57 Å². The van der Waals surface area contributed by atoms with E-state index in [2.05, 4.69) is 4.98 Å². The molecule has 21 heavy (non-hydrogen) atoms. The Balaban J connectivity index is 2.41. The number of aromatic amines is 1. The molecule has 3 rings (SSSR count). The number of imidazole rings is 1. The minimum Gasteiger partial charge on any atom is -0.330 e. The van der Waals surface area contributed by atoms with Crippen LogP contribution >= 0.6 is 35.4 Å². The molecular weight excluding hydrogens is 332 g/mol. The van der Waals surface area contributed by atoms with Crippen molar-refractivity contribution in [2.75, 3.05) is 0 Å². The van der Waals surface area contributed by atoms with Crippen molar-refractivity contribution >= 4 is 46.5 Å². The van der Waals surface area contributed by atoms with Gasteiger partial charge in [0, 0.05) is 0 Å². The van der Waals surface area contributed by atoms with Crippen LogP contribution in [0, 0.1) is 21.9 Å². The van der Waals surface area contributed by atoms with Crippen molar-refractivity contribution in [1.82, 2.24) is 9.55 Å². The number of nitrogens with one attached hydrogen (secondary N) is 1. The predicted molar refractivity (Wildman–Crippen MR) is 83.2 cm³/mol. The van der Waals surface area contributed by atoms with E-state index in [0.29, 0.717) is 31.5 Å². The SMILES string of the molecule is N#Cc1cc(F)ccc1-n1c(=S)[nH]c2cc(Cl)c(Cl)cc21. The summed E-state index contributed by atoms with van der Waals surface area (Å²) in [5.74, 6) is -0.484. The Hall–Kier alpha value is -1.87. The summed E-state index contributed by atoms with van der Waals surface area (Å²) in [6.07, 6.45) is 0. The van der Waals surface area contributed by atoms with Crippen LogP contribution in [-0.4, -0.2) is 9.55 Å². The maximum Gasteiger partial charge on any atom is 0.182 e. The highest BCUT2D eigenvalue weighted by atomic mass is 35.5. The highest BCUT2D eigenvalue weighted by Crippen LogP contribution is 2.30. The molecule has 0 bridgehead atoms. The number of fused-ring (bicyclic) bond motifs is 1. The average Bonchev–Trinajstić information content (AvgIpc) is 2.75. The van der Waals surface area contributed by atoms with Crippen LogP contribution in [0.2, 0.25) is 10.0 Å². The second kappa shape index (κ2) is 5.15. The van der Waals surface area contributed by atoms with Gasteiger partial charge in [0.05, 0.1) is 32.3 Å². The smallest absolute Gasteiger partial charge is 0.182 e. The van der Waals surface area contributed by atoms with Crippen LogP contribution in [0.3, 0.4) is 0 Å². The monoisotopic (exact) mass is 337 g/mol. The summed E-state index contributed by atoms with van der Waals surface area (Å²) in [6.45, 7) is 0. The van der Waals surface area contributed by atoms with Crippen molar-refractivity contribution in [3.8, 4) is 11.8 Å². The fourth-order valence-electron chi connectivity index (χ4n) is 2.13. The van der Waals surface area contributed by atoms with Gasteiger partial charge in [0.25, 0.3) is 0 Å². The Morgan fingerprint density at radius 2 is 1.90 bits per heavy atom. The number of nitrogens with zero attached hydrogens (tertiary/aromatic N) is 2. The number of nitriles is 1. The van der Waals surface area contributed by atoms with Gasteiger partial charge in [0.15, 0.2) is 4.77 Å². The van der Waals surface area contributed by atoms with Gasteiger partial charge in [-0.1, -0.05) is 23.2 Å². The third kappa shape index (κ3) is 2.32. The summed E-state index contributed by atoms with van der Waals surface area (Å²) >= 11 is 17.3. The van der Waals surface area contributed by atoms with Crippen LogP contribution in [-0.2, 0) is 0 Å². The van der Waals surface area contributed by atoms with E-state index in [0.717, 1.165) is 6.07 Å². The molecule has 0 fully saturated rings. The molecular formula is C14H6Cl2FN3S. The lowest BCUT2D eigenvalue weighted by Gasteiger charge is -2.07. The van der Waals surface area contributed by atoms with E-state index in [1.165, 1.54) is 12.1 Å². The molecule has 3 nitrogen and oxygen atoms in total. The van der Waals surface area contributed by atoms with E-state index in [4.69, 9.17) is 35.4 Å². The fourth-order valence-corrected chi connectivity index (χ4v) is 2.76. The third-order valence-electron chi connectivity index (χ3n) is 3.04. The van der Waals surface area contributed by atoms with Gasteiger partial charge < -0.3 is 4.98 Å². The lowest BCUT2D eigenvalue weighted by molar-refractivity contribution is 0.627. The molecule has 1 aromatic heterocycles. The maximum atomic E-state index is 13.3. The van der Waals surface area contributed by atoms with Crippen LogP contribution in [0.4, 0.5) is 4.39 Å². The second-order valence-electron chi connectivity index (χ2n) is 4.32. The predicted octanol–water partition coefficient (Wildman–Crippen LogP) is 5.01. The van der Waals surface area contributed by atoms with Crippen LogP contribution in [0.1, 0.15) is 5.56 Å². The molecule has 0 saturated carbocycles. The number of halogens is 3. The topological polar surface area (TPSA) is 44.5 Å². The molecule has 1 heterocycles. The molecule has 0 aliphatic rings. The maximum absolute atomic E-state index is 13.3. The summed E-state index contributed by atoms with van der Waals surface area (Å²) in [7, 11) is 0. The Morgan fingerprint density at radius 3 is 2.62 bits per heavy atom. The summed E-state index contributed by atoms with van der Waals surface area (Å²) in [6, 6.07) is 9.20. The Bertz CT molecular complexity index is 969. The van der Waals surface area contributed by atoms with Gasteiger partial charge in [0.2, 0.25) is 0 Å². The highest BCUT2D eigenvalue weighted by Gasteiger charge is 2.13. The summed E-state index contributed by atoms with van der Waals surface area (Å²) < 4.78 is 15.3. The fraction of sp³-hybridized carbons (Fsp3) is 0. The van der Waals surface area contributed by atoms with Gasteiger partial charge in [-0.05, 0) is 42.5 Å². The molecule has 0 saturated heterocycles. The van der Waals surface area contributed by atoms with Crippen molar-refractivity contribution in [2.45, 2.75) is 0 Å². The normalized spacial score (nSPS) is 10.8. The number of aromatic nitrogens is 2. The van der Waals surface area contributed by atoms with Gasteiger partial charge in [-0.25, -0.2) is 4.39 Å². The van der Waals surface area contributed by atoms with Crippen molar-refractivity contribution in [3.05, 3.63) is 56.5 Å². The first-order valence-electron chi connectivity index (χ1n) is 5.81. The molecule has 0 radical (unpaired) electrons. The van der Waals surface area contributed by atoms with E-state index in [-0.39, 0.29) is 5.56 Å².